The van der Waals surface area contributed by atoms with E-state index in [9.17, 15) is 18.0 Å². The Balaban J connectivity index is 1.18. The van der Waals surface area contributed by atoms with E-state index in [0.29, 0.717) is 25.4 Å². The fourth-order valence-corrected chi connectivity index (χ4v) is 4.60. The van der Waals surface area contributed by atoms with Crippen molar-refractivity contribution in [3.8, 4) is 23.0 Å². The molecule has 46 heavy (non-hydrogen) atoms. The van der Waals surface area contributed by atoms with Gasteiger partial charge in [0.1, 0.15) is 12.2 Å². The van der Waals surface area contributed by atoms with Crippen LogP contribution in [-0.2, 0) is 11.3 Å². The molecule has 0 unspecified atom stereocenters. The molecule has 0 spiro atoms. The fourth-order valence-electron chi connectivity index (χ4n) is 4.60. The Morgan fingerprint density at radius 1 is 0.891 bits per heavy atom. The molecule has 1 aliphatic rings. The quantitative estimate of drug-likeness (QED) is 0.224. The van der Waals surface area contributed by atoms with Crippen molar-refractivity contribution in [1.82, 2.24) is 19.8 Å². The average molecular weight is 648 g/mol. The predicted octanol–water partition coefficient (Wildman–Crippen LogP) is 5.95. The molecule has 1 saturated heterocycles. The normalized spacial score (nSPS) is 13.7. The monoisotopic (exact) mass is 647 g/mol. The third-order valence-electron chi connectivity index (χ3n) is 7.01. The van der Waals surface area contributed by atoms with Crippen molar-refractivity contribution in [2.45, 2.75) is 45.8 Å². The number of carbonyl (C=O) groups is 1. The first kappa shape index (κ1) is 34.4. The lowest BCUT2D eigenvalue weighted by molar-refractivity contribution is 0.0143. The van der Waals surface area contributed by atoms with Crippen molar-refractivity contribution < 1.29 is 41.7 Å². The van der Waals surface area contributed by atoms with E-state index in [0.717, 1.165) is 38.5 Å². The van der Waals surface area contributed by atoms with E-state index < -0.39 is 29.7 Å². The minimum Gasteiger partial charge on any atom is -0.494 e. The molecule has 1 amide bonds. The summed E-state index contributed by atoms with van der Waals surface area (Å²) < 4.78 is 70.2. The van der Waals surface area contributed by atoms with Crippen LogP contribution in [0, 0.1) is 17.5 Å². The zero-order chi connectivity index (χ0) is 33.3. The Labute approximate surface area is 266 Å². The first-order valence-corrected chi connectivity index (χ1v) is 14.9. The van der Waals surface area contributed by atoms with Crippen LogP contribution in [0.25, 0.3) is 0 Å². The zero-order valence-electron chi connectivity index (χ0n) is 26.7. The molecule has 1 fully saturated rings. The highest BCUT2D eigenvalue weighted by molar-refractivity contribution is 5.68. The number of aromatic nitrogens is 2. The number of nitrogens with one attached hydrogen (secondary N) is 1. The number of hydrogen-bond acceptors (Lipinski definition) is 10. The van der Waals surface area contributed by atoms with Crippen LogP contribution in [0.1, 0.15) is 39.2 Å². The number of halogens is 3. The van der Waals surface area contributed by atoms with Crippen molar-refractivity contribution in [2.75, 3.05) is 58.9 Å². The third kappa shape index (κ3) is 9.52. The first-order valence-electron chi connectivity index (χ1n) is 14.9. The van der Waals surface area contributed by atoms with Gasteiger partial charge in [0.15, 0.2) is 40.4 Å². The molecule has 14 heteroatoms. The summed E-state index contributed by atoms with van der Waals surface area (Å²) in [6.07, 6.45) is 3.98. The van der Waals surface area contributed by atoms with Crippen LogP contribution in [0.5, 0.6) is 23.0 Å². The van der Waals surface area contributed by atoms with Crippen LogP contribution in [0.4, 0.5) is 29.6 Å². The maximum Gasteiger partial charge on any atom is 0.410 e. The van der Waals surface area contributed by atoms with Gasteiger partial charge in [-0.15, -0.1) is 0 Å². The third-order valence-corrected chi connectivity index (χ3v) is 7.01. The van der Waals surface area contributed by atoms with E-state index in [-0.39, 0.29) is 40.6 Å². The zero-order valence-corrected chi connectivity index (χ0v) is 26.7. The molecule has 0 radical (unpaired) electrons. The highest BCUT2D eigenvalue weighted by atomic mass is 19.1. The van der Waals surface area contributed by atoms with Gasteiger partial charge in [-0.2, -0.15) is 0 Å². The van der Waals surface area contributed by atoms with Gasteiger partial charge in [0.05, 0.1) is 38.8 Å². The molecule has 2 aromatic carbocycles. The van der Waals surface area contributed by atoms with Crippen molar-refractivity contribution in [2.24, 2.45) is 0 Å². The van der Waals surface area contributed by atoms with Crippen LogP contribution in [0.2, 0.25) is 0 Å². The number of carbonyl (C=O) groups excluding carboxylic acids is 1. The van der Waals surface area contributed by atoms with Gasteiger partial charge < -0.3 is 33.9 Å². The van der Waals surface area contributed by atoms with Gasteiger partial charge in [0.25, 0.3) is 0 Å². The van der Waals surface area contributed by atoms with Crippen molar-refractivity contribution >= 4 is 17.7 Å². The molecule has 0 saturated carbocycles. The van der Waals surface area contributed by atoms with Crippen LogP contribution in [0.3, 0.4) is 0 Å². The summed E-state index contributed by atoms with van der Waals surface area (Å²) in [5, 5.41) is 2.89. The molecule has 0 bridgehead atoms. The second kappa shape index (κ2) is 15.7. The molecule has 1 aromatic heterocycles. The highest BCUT2D eigenvalue weighted by Gasteiger charge is 2.25. The smallest absolute Gasteiger partial charge is 0.410 e. The van der Waals surface area contributed by atoms with Crippen LogP contribution in [-0.4, -0.2) is 85.0 Å². The molecule has 3 aromatic rings. The van der Waals surface area contributed by atoms with E-state index in [4.69, 9.17) is 23.7 Å². The molecule has 4 rings (SSSR count). The number of benzene rings is 2. The summed E-state index contributed by atoms with van der Waals surface area (Å²) in [6, 6.07) is 5.55. The second-order valence-corrected chi connectivity index (χ2v) is 11.6. The number of anilines is 2. The molecule has 0 atom stereocenters. The summed E-state index contributed by atoms with van der Waals surface area (Å²) in [6.45, 7) is 9.15. The molecule has 250 valence electrons. The van der Waals surface area contributed by atoms with Crippen LogP contribution < -0.4 is 24.3 Å². The maximum atomic E-state index is 14.7. The van der Waals surface area contributed by atoms with E-state index >= 15 is 0 Å². The van der Waals surface area contributed by atoms with Gasteiger partial charge in [-0.05, 0) is 52.3 Å². The number of rotatable bonds is 13. The van der Waals surface area contributed by atoms with Crippen molar-refractivity contribution in [3.63, 3.8) is 0 Å². The number of methoxy groups -OCH3 is 2. The maximum absolute atomic E-state index is 14.7. The number of nitrogens with zero attached hydrogens (tertiary/aromatic N) is 4. The summed E-state index contributed by atoms with van der Waals surface area (Å²) >= 11 is 0. The Morgan fingerprint density at radius 3 is 2.13 bits per heavy atom. The predicted molar refractivity (Wildman–Crippen MR) is 164 cm³/mol. The molecule has 1 aliphatic heterocycles. The standard InChI is InChI=1S/C32H40F3N5O6/c1-32(2,3)46-31(41)40-13-11-39(12-14-40)10-6-7-15-44-25-9-8-21(16-24(25)33)38-30-36-18-22(19-37-30)45-20-23-28(34)26(42-4)17-27(43-5)29(23)35/h8-9,16-19H,6-7,10-15,20H2,1-5H3,(H,36,37,38). The Bertz CT molecular complexity index is 1440. The lowest BCUT2D eigenvalue weighted by atomic mass is 10.1. The van der Waals surface area contributed by atoms with Gasteiger partial charge in [-0.1, -0.05) is 0 Å². The molecular weight excluding hydrogens is 607 g/mol. The SMILES string of the molecule is COc1cc(OC)c(F)c(COc2cnc(Nc3ccc(OCCCCN4CCN(C(=O)OC(C)(C)C)CC4)c(F)c3)nc2)c1F. The van der Waals surface area contributed by atoms with Crippen LogP contribution in [0.15, 0.2) is 36.7 Å². The van der Waals surface area contributed by atoms with Gasteiger partial charge in [0, 0.05) is 44.0 Å². The Hall–Kier alpha value is -4.46. The molecular formula is C32H40F3N5O6. The van der Waals surface area contributed by atoms with Crippen molar-refractivity contribution in [1.29, 1.82) is 0 Å². The van der Waals surface area contributed by atoms with E-state index in [1.54, 1.807) is 11.0 Å². The minimum atomic E-state index is -0.901. The van der Waals surface area contributed by atoms with Gasteiger partial charge in [0.2, 0.25) is 5.95 Å². The van der Waals surface area contributed by atoms with E-state index in [1.807, 2.05) is 20.8 Å². The molecule has 2 heterocycles. The molecule has 1 N–H and O–H groups in total. The van der Waals surface area contributed by atoms with Crippen LogP contribution >= 0.6 is 0 Å². The van der Waals surface area contributed by atoms with E-state index in [1.165, 1.54) is 38.7 Å². The number of hydrogen-bond donors (Lipinski definition) is 1. The Kier molecular flexibility index (Phi) is 11.7. The largest absolute Gasteiger partial charge is 0.494 e. The lowest BCUT2D eigenvalue weighted by Crippen LogP contribution is -2.50. The van der Waals surface area contributed by atoms with Gasteiger partial charge in [-0.25, -0.2) is 27.9 Å². The lowest BCUT2D eigenvalue weighted by Gasteiger charge is -2.35. The van der Waals surface area contributed by atoms with E-state index in [2.05, 4.69) is 20.2 Å². The van der Waals surface area contributed by atoms with Crippen molar-refractivity contribution in [3.05, 3.63) is 59.7 Å². The number of ether oxygens (including phenoxy) is 5. The van der Waals surface area contributed by atoms with Gasteiger partial charge in [-0.3, -0.25) is 4.90 Å². The highest BCUT2D eigenvalue weighted by Crippen LogP contribution is 2.32. The van der Waals surface area contributed by atoms with Gasteiger partial charge >= 0.3 is 6.09 Å². The summed E-state index contributed by atoms with van der Waals surface area (Å²) in [5.41, 5.74) is -0.478. The topological polar surface area (TPSA) is 108 Å². The summed E-state index contributed by atoms with van der Waals surface area (Å²) in [7, 11) is 2.52. The average Bonchev–Trinajstić information content (AvgIpc) is 3.02. The molecule has 0 aliphatic carbocycles. The first-order chi connectivity index (χ1) is 22.0. The number of unbranched alkanes of at least 4 members (excludes halogenated alkanes) is 1. The Morgan fingerprint density at radius 2 is 1.54 bits per heavy atom. The second-order valence-electron chi connectivity index (χ2n) is 11.6. The summed E-state index contributed by atoms with van der Waals surface area (Å²) in [5.74, 6) is -2.25. The minimum absolute atomic E-state index is 0.134. The number of piperazine rings is 1. The fraction of sp³-hybridized carbons (Fsp3) is 0.469. The molecule has 11 nitrogen and oxygen atoms in total. The number of amides is 1. The summed E-state index contributed by atoms with van der Waals surface area (Å²) in [4.78, 5) is 24.5.